The Morgan fingerprint density at radius 1 is 1.10 bits per heavy atom. The molecule has 0 bridgehead atoms. The largest absolute Gasteiger partial charge is 0.367 e. The minimum Gasteiger partial charge on any atom is -0.367 e. The lowest BCUT2D eigenvalue weighted by molar-refractivity contribution is 0.0930. The summed E-state index contributed by atoms with van der Waals surface area (Å²) in [7, 11) is -3.64. The van der Waals surface area contributed by atoms with Crippen LogP contribution in [-0.2, 0) is 10.0 Å². The quantitative estimate of drug-likeness (QED) is 0.680. The van der Waals surface area contributed by atoms with Crippen LogP contribution in [0.5, 0.6) is 0 Å². The molecule has 0 radical (unpaired) electrons. The minimum atomic E-state index is -3.64. The number of thioether (sulfide) groups is 1. The molecule has 1 amide bonds. The molecule has 158 valence electrons. The van der Waals surface area contributed by atoms with Crippen molar-refractivity contribution in [2.75, 3.05) is 30.3 Å². The van der Waals surface area contributed by atoms with Crippen LogP contribution in [0.15, 0.2) is 52.4 Å². The summed E-state index contributed by atoms with van der Waals surface area (Å²) < 4.78 is 27.3. The van der Waals surface area contributed by atoms with Crippen LogP contribution >= 0.6 is 35.0 Å². The van der Waals surface area contributed by atoms with Crippen molar-refractivity contribution >= 4 is 61.7 Å². The normalized spacial score (nSPS) is 16.7. The third-order valence-electron chi connectivity index (χ3n) is 4.72. The molecule has 2 aliphatic heterocycles. The van der Waals surface area contributed by atoms with Gasteiger partial charge in [-0.05, 0) is 42.5 Å². The van der Waals surface area contributed by atoms with Gasteiger partial charge in [-0.2, -0.15) is 0 Å². The molecular formula is C19H18Cl2N4O3S2. The van der Waals surface area contributed by atoms with E-state index < -0.39 is 10.0 Å². The van der Waals surface area contributed by atoms with Gasteiger partial charge in [0.2, 0.25) is 0 Å². The summed E-state index contributed by atoms with van der Waals surface area (Å²) >= 11 is 13.2. The number of halogens is 2. The maximum absolute atomic E-state index is 12.4. The summed E-state index contributed by atoms with van der Waals surface area (Å²) in [6.45, 7) is 1.88. The molecule has 2 heterocycles. The van der Waals surface area contributed by atoms with Gasteiger partial charge in [0.15, 0.2) is 5.17 Å². The number of anilines is 1. The van der Waals surface area contributed by atoms with Crippen molar-refractivity contribution in [2.45, 2.75) is 10.9 Å². The summed E-state index contributed by atoms with van der Waals surface area (Å²) in [5, 5.41) is 4.12. The van der Waals surface area contributed by atoms with Gasteiger partial charge in [-0.15, -0.1) is 0 Å². The first-order valence-electron chi connectivity index (χ1n) is 9.13. The van der Waals surface area contributed by atoms with E-state index in [1.165, 1.54) is 11.8 Å². The zero-order valence-corrected chi connectivity index (χ0v) is 18.8. The molecule has 2 aromatic rings. The topological polar surface area (TPSA) is 90.9 Å². The third-order valence-corrected chi connectivity index (χ3v) is 7.83. The number of hydrogen-bond acceptors (Lipinski definition) is 6. The summed E-state index contributed by atoms with van der Waals surface area (Å²) in [5.41, 5.74) is 1.34. The number of carbonyl (C=O) groups excluding carboxylic acids is 1. The summed E-state index contributed by atoms with van der Waals surface area (Å²) in [4.78, 5) is 18.7. The number of amides is 1. The molecule has 0 atom stereocenters. The van der Waals surface area contributed by atoms with Gasteiger partial charge in [0, 0.05) is 30.1 Å². The van der Waals surface area contributed by atoms with Crippen molar-refractivity contribution in [2.24, 2.45) is 4.99 Å². The van der Waals surface area contributed by atoms with Crippen LogP contribution in [-0.4, -0.2) is 50.9 Å². The molecule has 2 N–H and O–H groups in total. The smallest absolute Gasteiger partial charge is 0.263 e. The van der Waals surface area contributed by atoms with Gasteiger partial charge < -0.3 is 10.2 Å². The lowest BCUT2D eigenvalue weighted by Crippen LogP contribution is -2.59. The molecule has 0 unspecified atom stereocenters. The number of benzene rings is 2. The Bertz CT molecular complexity index is 1100. The number of nitrogens with one attached hydrogen (secondary N) is 2. The van der Waals surface area contributed by atoms with Crippen LogP contribution in [0.2, 0.25) is 10.0 Å². The number of carbonyl (C=O) groups is 1. The van der Waals surface area contributed by atoms with Crippen LogP contribution < -0.4 is 14.9 Å². The van der Waals surface area contributed by atoms with Gasteiger partial charge in [0.1, 0.15) is 0 Å². The van der Waals surface area contributed by atoms with Crippen molar-refractivity contribution in [3.63, 3.8) is 0 Å². The van der Waals surface area contributed by atoms with Crippen LogP contribution in [0.4, 0.5) is 5.69 Å². The molecule has 2 aliphatic rings. The minimum absolute atomic E-state index is 0.00516. The predicted molar refractivity (Wildman–Crippen MR) is 121 cm³/mol. The number of aliphatic imine (C=N–C) groups is 1. The van der Waals surface area contributed by atoms with Gasteiger partial charge in [0.05, 0.1) is 27.5 Å². The summed E-state index contributed by atoms with van der Waals surface area (Å²) in [6, 6.07) is 11.4. The molecule has 4 rings (SSSR count). The number of sulfonamides is 1. The molecule has 2 aromatic carbocycles. The molecule has 0 aromatic heterocycles. The second-order valence-electron chi connectivity index (χ2n) is 6.84. The molecule has 0 spiro atoms. The van der Waals surface area contributed by atoms with E-state index in [1.807, 2.05) is 0 Å². The molecule has 7 nitrogen and oxygen atoms in total. The second-order valence-corrected chi connectivity index (χ2v) is 10.4. The standard InChI is InChI=1S/C19H18Cl2N4O3S2/c20-16-6-1-12(9-17(16)21)18(26)23-13-10-25(11-13)14-2-4-15(5-3-14)30(27,28)24-19-22-7-8-29-19/h1-6,9,13H,7-8,10-11H2,(H,22,24)(H,23,26). The molecular weight excluding hydrogens is 467 g/mol. The average Bonchev–Trinajstić information content (AvgIpc) is 3.18. The number of hydrogen-bond donors (Lipinski definition) is 2. The van der Waals surface area contributed by atoms with E-state index in [0.29, 0.717) is 40.4 Å². The van der Waals surface area contributed by atoms with Crippen molar-refractivity contribution in [1.29, 1.82) is 0 Å². The van der Waals surface area contributed by atoms with E-state index in [9.17, 15) is 13.2 Å². The summed E-state index contributed by atoms with van der Waals surface area (Å²) in [6.07, 6.45) is 0. The zero-order chi connectivity index (χ0) is 21.3. The summed E-state index contributed by atoms with van der Waals surface area (Å²) in [5.74, 6) is 0.576. The van der Waals surface area contributed by atoms with Crippen LogP contribution in [0, 0.1) is 0 Å². The number of nitrogens with zero attached hydrogens (tertiary/aromatic N) is 2. The van der Waals surface area contributed by atoms with Crippen LogP contribution in [0.1, 0.15) is 10.4 Å². The predicted octanol–water partition coefficient (Wildman–Crippen LogP) is 2.99. The van der Waals surface area contributed by atoms with Crippen LogP contribution in [0.25, 0.3) is 0 Å². The Morgan fingerprint density at radius 3 is 2.47 bits per heavy atom. The highest BCUT2D eigenvalue weighted by atomic mass is 35.5. The first kappa shape index (κ1) is 21.3. The van der Waals surface area contributed by atoms with E-state index in [0.717, 1.165) is 11.4 Å². The molecule has 0 aliphatic carbocycles. The highest BCUT2D eigenvalue weighted by Crippen LogP contribution is 2.25. The monoisotopic (exact) mass is 484 g/mol. The zero-order valence-electron chi connectivity index (χ0n) is 15.6. The van der Waals surface area contributed by atoms with Gasteiger partial charge in [-0.1, -0.05) is 35.0 Å². The Hall–Kier alpha value is -1.94. The maximum Gasteiger partial charge on any atom is 0.263 e. The Balaban J connectivity index is 1.32. The molecule has 0 saturated carbocycles. The molecule has 30 heavy (non-hydrogen) atoms. The Labute approximate surface area is 188 Å². The highest BCUT2D eigenvalue weighted by molar-refractivity contribution is 8.15. The van der Waals surface area contributed by atoms with Crippen molar-refractivity contribution in [3.05, 3.63) is 58.1 Å². The van der Waals surface area contributed by atoms with Crippen molar-refractivity contribution < 1.29 is 13.2 Å². The average molecular weight is 485 g/mol. The number of amidine groups is 1. The van der Waals surface area contributed by atoms with Gasteiger partial charge in [-0.3, -0.25) is 14.5 Å². The SMILES string of the molecule is O=C(NC1CN(c2ccc(S(=O)(=O)NC3=NCCS3)cc2)C1)c1ccc(Cl)c(Cl)c1. The van der Waals surface area contributed by atoms with Gasteiger partial charge >= 0.3 is 0 Å². The fourth-order valence-electron chi connectivity index (χ4n) is 3.09. The third kappa shape index (κ3) is 4.69. The number of rotatable bonds is 5. The molecule has 1 saturated heterocycles. The second kappa shape index (κ2) is 8.66. The van der Waals surface area contributed by atoms with E-state index in [-0.39, 0.29) is 16.8 Å². The fraction of sp³-hybridized carbons (Fsp3) is 0.263. The van der Waals surface area contributed by atoms with Gasteiger partial charge in [-0.25, -0.2) is 8.42 Å². The van der Waals surface area contributed by atoms with Crippen molar-refractivity contribution in [1.82, 2.24) is 10.0 Å². The van der Waals surface area contributed by atoms with E-state index in [1.54, 1.807) is 42.5 Å². The Kier molecular flexibility index (Phi) is 6.15. The fourth-order valence-corrected chi connectivity index (χ4v) is 5.42. The van der Waals surface area contributed by atoms with Crippen molar-refractivity contribution in [3.8, 4) is 0 Å². The highest BCUT2D eigenvalue weighted by Gasteiger charge is 2.29. The first-order chi connectivity index (χ1) is 14.3. The molecule has 1 fully saturated rings. The lowest BCUT2D eigenvalue weighted by Gasteiger charge is -2.41. The maximum atomic E-state index is 12.4. The van der Waals surface area contributed by atoms with Crippen LogP contribution in [0.3, 0.4) is 0 Å². The van der Waals surface area contributed by atoms with E-state index in [2.05, 4.69) is 19.9 Å². The van der Waals surface area contributed by atoms with E-state index >= 15 is 0 Å². The van der Waals surface area contributed by atoms with E-state index in [4.69, 9.17) is 23.2 Å². The Morgan fingerprint density at radius 2 is 1.83 bits per heavy atom. The lowest BCUT2D eigenvalue weighted by atomic mass is 10.1. The van der Waals surface area contributed by atoms with Gasteiger partial charge in [0.25, 0.3) is 15.9 Å². The molecule has 11 heteroatoms. The first-order valence-corrected chi connectivity index (χ1v) is 12.4.